The smallest absolute Gasteiger partial charge is 0.263 e. The summed E-state index contributed by atoms with van der Waals surface area (Å²) in [6, 6.07) is 15.8. The molecule has 1 aliphatic heterocycles. The average Bonchev–Trinajstić information content (AvgIpc) is 2.73. The number of benzene rings is 2. The number of rotatable bonds is 6. The number of aryl methyl sites for hydroxylation is 1. The van der Waals surface area contributed by atoms with Crippen LogP contribution in [0.15, 0.2) is 48.5 Å². The van der Waals surface area contributed by atoms with Crippen LogP contribution in [0.25, 0.3) is 0 Å². The Morgan fingerprint density at radius 1 is 1.00 bits per heavy atom. The van der Waals surface area contributed by atoms with Crippen LogP contribution < -0.4 is 14.4 Å². The van der Waals surface area contributed by atoms with Crippen LogP contribution in [0.3, 0.4) is 0 Å². The van der Waals surface area contributed by atoms with E-state index in [9.17, 15) is 4.79 Å². The van der Waals surface area contributed by atoms with Gasteiger partial charge in [0.1, 0.15) is 11.5 Å². The minimum Gasteiger partial charge on any atom is -0.495 e. The summed E-state index contributed by atoms with van der Waals surface area (Å²) in [5.74, 6) is 1.72. The number of ether oxygens (including phenoxy) is 2. The van der Waals surface area contributed by atoms with Crippen molar-refractivity contribution in [2.45, 2.75) is 26.4 Å². The monoisotopic (exact) mass is 368 g/mol. The molecule has 0 aliphatic carbocycles. The highest BCUT2D eigenvalue weighted by molar-refractivity contribution is 5.81. The summed E-state index contributed by atoms with van der Waals surface area (Å²) in [5.41, 5.74) is 2.13. The lowest BCUT2D eigenvalue weighted by Crippen LogP contribution is -2.52. The minimum atomic E-state index is -0.441. The predicted octanol–water partition coefficient (Wildman–Crippen LogP) is 3.51. The second kappa shape index (κ2) is 8.80. The van der Waals surface area contributed by atoms with Crippen LogP contribution in [0.4, 0.5) is 5.69 Å². The number of hydrogen-bond donors (Lipinski definition) is 0. The fraction of sp³-hybridized carbons (Fsp3) is 0.409. The summed E-state index contributed by atoms with van der Waals surface area (Å²) >= 11 is 0. The van der Waals surface area contributed by atoms with E-state index in [1.165, 1.54) is 0 Å². The molecule has 0 N–H and O–H groups in total. The number of carbonyl (C=O) groups excluding carboxylic acids is 1. The van der Waals surface area contributed by atoms with Crippen molar-refractivity contribution >= 4 is 11.6 Å². The minimum absolute atomic E-state index is 0.0698. The third-order valence-electron chi connectivity index (χ3n) is 5.03. The second-order valence-corrected chi connectivity index (χ2v) is 6.76. The van der Waals surface area contributed by atoms with Gasteiger partial charge in [0, 0.05) is 26.2 Å². The van der Waals surface area contributed by atoms with Crippen molar-refractivity contribution in [2.75, 3.05) is 38.2 Å². The quantitative estimate of drug-likeness (QED) is 0.783. The van der Waals surface area contributed by atoms with Crippen molar-refractivity contribution in [1.82, 2.24) is 4.90 Å². The number of para-hydroxylation sites is 3. The van der Waals surface area contributed by atoms with Crippen LogP contribution in [0.1, 0.15) is 18.9 Å². The molecule has 1 fully saturated rings. The first kappa shape index (κ1) is 19.1. The molecule has 1 atom stereocenters. The highest BCUT2D eigenvalue weighted by Gasteiger charge is 2.28. The van der Waals surface area contributed by atoms with E-state index >= 15 is 0 Å². The third-order valence-corrected chi connectivity index (χ3v) is 5.03. The molecule has 1 amide bonds. The molecule has 3 rings (SSSR count). The van der Waals surface area contributed by atoms with Gasteiger partial charge in [-0.05, 0) is 37.1 Å². The predicted molar refractivity (Wildman–Crippen MR) is 108 cm³/mol. The summed E-state index contributed by atoms with van der Waals surface area (Å²) < 4.78 is 11.5. The molecule has 2 aromatic rings. The fourth-order valence-corrected chi connectivity index (χ4v) is 3.41. The van der Waals surface area contributed by atoms with Gasteiger partial charge in [0.05, 0.1) is 12.8 Å². The Bertz CT molecular complexity index is 770. The average molecular weight is 368 g/mol. The second-order valence-electron chi connectivity index (χ2n) is 6.76. The van der Waals surface area contributed by atoms with E-state index in [1.54, 1.807) is 7.11 Å². The first-order valence-corrected chi connectivity index (χ1v) is 9.53. The number of amides is 1. The summed E-state index contributed by atoms with van der Waals surface area (Å²) in [6.45, 7) is 6.93. The van der Waals surface area contributed by atoms with Crippen LogP contribution in [0.5, 0.6) is 11.5 Å². The largest absolute Gasteiger partial charge is 0.495 e. The van der Waals surface area contributed by atoms with Gasteiger partial charge in [0.2, 0.25) is 0 Å². The van der Waals surface area contributed by atoms with Crippen LogP contribution in [-0.2, 0) is 4.79 Å². The number of methoxy groups -OCH3 is 1. The SMILES string of the molecule is CC[C@@H](Oc1ccccc1C)C(=O)N1CCN(c2ccccc2OC)CC1. The lowest BCUT2D eigenvalue weighted by atomic mass is 10.1. The molecule has 0 spiro atoms. The van der Waals surface area contributed by atoms with Gasteiger partial charge >= 0.3 is 0 Å². The molecule has 0 aromatic heterocycles. The van der Waals surface area contributed by atoms with Gasteiger partial charge in [-0.3, -0.25) is 4.79 Å². The maximum atomic E-state index is 13.0. The molecular formula is C22H28N2O3. The molecule has 27 heavy (non-hydrogen) atoms. The zero-order valence-electron chi connectivity index (χ0n) is 16.4. The van der Waals surface area contributed by atoms with Gasteiger partial charge in [0.15, 0.2) is 6.10 Å². The standard InChI is InChI=1S/C22H28N2O3/c1-4-19(27-20-11-7-5-9-17(20)2)22(25)24-15-13-23(14-16-24)18-10-6-8-12-21(18)26-3/h5-12,19H,4,13-16H2,1-3H3/t19-/m1/s1. The zero-order chi connectivity index (χ0) is 19.2. The molecule has 0 bridgehead atoms. The molecule has 1 aliphatic rings. The van der Waals surface area contributed by atoms with Crippen molar-refractivity contribution in [1.29, 1.82) is 0 Å². The molecule has 0 radical (unpaired) electrons. The number of nitrogens with zero attached hydrogens (tertiary/aromatic N) is 2. The van der Waals surface area contributed by atoms with Gasteiger partial charge in [-0.2, -0.15) is 0 Å². The summed E-state index contributed by atoms with van der Waals surface area (Å²) in [5, 5.41) is 0. The first-order chi connectivity index (χ1) is 13.1. The lowest BCUT2D eigenvalue weighted by molar-refractivity contribution is -0.139. The van der Waals surface area contributed by atoms with E-state index in [0.29, 0.717) is 19.5 Å². The summed E-state index contributed by atoms with van der Waals surface area (Å²) in [7, 11) is 1.69. The van der Waals surface area contributed by atoms with Crippen LogP contribution in [-0.4, -0.2) is 50.2 Å². The van der Waals surface area contributed by atoms with E-state index in [4.69, 9.17) is 9.47 Å². The molecule has 0 unspecified atom stereocenters. The van der Waals surface area contributed by atoms with E-state index < -0.39 is 6.10 Å². The van der Waals surface area contributed by atoms with Crippen molar-refractivity contribution in [3.63, 3.8) is 0 Å². The Morgan fingerprint density at radius 3 is 2.26 bits per heavy atom. The van der Waals surface area contributed by atoms with Gasteiger partial charge in [0.25, 0.3) is 5.91 Å². The Kier molecular flexibility index (Phi) is 6.22. The maximum absolute atomic E-state index is 13.0. The third kappa shape index (κ3) is 4.35. The number of anilines is 1. The van der Waals surface area contributed by atoms with E-state index in [0.717, 1.165) is 35.8 Å². The molecule has 2 aromatic carbocycles. The molecule has 1 saturated heterocycles. The normalized spacial score (nSPS) is 15.4. The van der Waals surface area contributed by atoms with Crippen LogP contribution in [0.2, 0.25) is 0 Å². The summed E-state index contributed by atoms with van der Waals surface area (Å²) in [6.07, 6.45) is 0.212. The van der Waals surface area contributed by atoms with Crippen molar-refractivity contribution in [2.24, 2.45) is 0 Å². The Morgan fingerprint density at radius 2 is 1.63 bits per heavy atom. The maximum Gasteiger partial charge on any atom is 0.263 e. The Labute approximate surface area is 161 Å². The topological polar surface area (TPSA) is 42.0 Å². The van der Waals surface area contributed by atoms with Crippen LogP contribution >= 0.6 is 0 Å². The highest BCUT2D eigenvalue weighted by atomic mass is 16.5. The van der Waals surface area contributed by atoms with Gasteiger partial charge in [-0.25, -0.2) is 0 Å². The molecule has 144 valence electrons. The van der Waals surface area contributed by atoms with E-state index in [1.807, 2.05) is 61.2 Å². The Hall–Kier alpha value is -2.69. The van der Waals surface area contributed by atoms with Gasteiger partial charge in [-0.15, -0.1) is 0 Å². The summed E-state index contributed by atoms with van der Waals surface area (Å²) in [4.78, 5) is 17.2. The van der Waals surface area contributed by atoms with Crippen LogP contribution in [0, 0.1) is 6.92 Å². The first-order valence-electron chi connectivity index (χ1n) is 9.53. The van der Waals surface area contributed by atoms with Crippen molar-refractivity contribution < 1.29 is 14.3 Å². The fourth-order valence-electron chi connectivity index (χ4n) is 3.41. The molecule has 0 saturated carbocycles. The molecule has 5 nitrogen and oxygen atoms in total. The number of piperazine rings is 1. The van der Waals surface area contributed by atoms with E-state index in [-0.39, 0.29) is 5.91 Å². The van der Waals surface area contributed by atoms with Crippen molar-refractivity contribution in [3.05, 3.63) is 54.1 Å². The Balaban J connectivity index is 1.62. The molecule has 1 heterocycles. The number of carbonyl (C=O) groups is 1. The number of hydrogen-bond acceptors (Lipinski definition) is 4. The van der Waals surface area contributed by atoms with E-state index in [2.05, 4.69) is 11.0 Å². The highest BCUT2D eigenvalue weighted by Crippen LogP contribution is 2.28. The lowest BCUT2D eigenvalue weighted by Gasteiger charge is -2.37. The van der Waals surface area contributed by atoms with Gasteiger partial charge in [-0.1, -0.05) is 37.3 Å². The van der Waals surface area contributed by atoms with Gasteiger partial charge < -0.3 is 19.3 Å². The van der Waals surface area contributed by atoms with Crippen molar-refractivity contribution in [3.8, 4) is 11.5 Å². The molecule has 5 heteroatoms. The zero-order valence-corrected chi connectivity index (χ0v) is 16.4. The molecular weight excluding hydrogens is 340 g/mol.